The molecule has 3 heteroatoms. The predicted molar refractivity (Wildman–Crippen MR) is 84.1 cm³/mol. The lowest BCUT2D eigenvalue weighted by molar-refractivity contribution is 0.291. The van der Waals surface area contributed by atoms with Gasteiger partial charge >= 0.3 is 0 Å². The first-order chi connectivity index (χ1) is 8.72. The van der Waals surface area contributed by atoms with E-state index in [0.29, 0.717) is 0 Å². The van der Waals surface area contributed by atoms with Gasteiger partial charge in [0.05, 0.1) is 0 Å². The second kappa shape index (κ2) is 19.2. The molecule has 0 spiro atoms. The van der Waals surface area contributed by atoms with Gasteiger partial charge in [-0.2, -0.15) is 0 Å². The Morgan fingerprint density at radius 2 is 1.44 bits per heavy atom. The van der Waals surface area contributed by atoms with Crippen molar-refractivity contribution in [2.45, 2.75) is 59.3 Å². The molecular formula is C15H37N3. The highest BCUT2D eigenvalue weighted by Gasteiger charge is 2.01. The molecule has 112 valence electrons. The zero-order valence-corrected chi connectivity index (χ0v) is 13.3. The van der Waals surface area contributed by atoms with Crippen LogP contribution in [0.25, 0.3) is 0 Å². The molecule has 3 nitrogen and oxygen atoms in total. The van der Waals surface area contributed by atoms with Crippen molar-refractivity contribution >= 4 is 0 Å². The van der Waals surface area contributed by atoms with E-state index >= 15 is 0 Å². The van der Waals surface area contributed by atoms with Crippen LogP contribution >= 0.6 is 0 Å². The van der Waals surface area contributed by atoms with Gasteiger partial charge in [-0.05, 0) is 20.0 Å². The van der Waals surface area contributed by atoms with Crippen molar-refractivity contribution in [3.8, 4) is 0 Å². The molecule has 0 aromatic carbocycles. The highest BCUT2D eigenvalue weighted by atomic mass is 15.2. The lowest BCUT2D eigenvalue weighted by Crippen LogP contribution is -2.40. The third-order valence-corrected chi connectivity index (χ3v) is 2.90. The Morgan fingerprint density at radius 1 is 0.889 bits per heavy atom. The summed E-state index contributed by atoms with van der Waals surface area (Å²) in [5.74, 6) is 0. The molecule has 0 bridgehead atoms. The normalized spacial score (nSPS) is 15.2. The van der Waals surface area contributed by atoms with Crippen LogP contribution in [0, 0.1) is 0 Å². The van der Waals surface area contributed by atoms with E-state index in [4.69, 9.17) is 5.73 Å². The number of hydrogen-bond donors (Lipinski definition) is 2. The zero-order chi connectivity index (χ0) is 14.1. The van der Waals surface area contributed by atoms with E-state index in [0.717, 1.165) is 19.6 Å². The number of nitrogens with zero attached hydrogens (tertiary/aromatic N) is 1. The van der Waals surface area contributed by atoms with Gasteiger partial charge in [0.15, 0.2) is 0 Å². The van der Waals surface area contributed by atoms with Crippen molar-refractivity contribution in [1.29, 1.82) is 0 Å². The molecule has 18 heavy (non-hydrogen) atoms. The molecule has 0 aliphatic carbocycles. The Morgan fingerprint density at radius 3 is 1.72 bits per heavy atom. The van der Waals surface area contributed by atoms with Gasteiger partial charge < -0.3 is 16.0 Å². The topological polar surface area (TPSA) is 41.3 Å². The second-order valence-corrected chi connectivity index (χ2v) is 4.90. The molecule has 1 saturated heterocycles. The van der Waals surface area contributed by atoms with Gasteiger partial charge in [0.25, 0.3) is 0 Å². The summed E-state index contributed by atoms with van der Waals surface area (Å²) in [5.41, 5.74) is 5.27. The minimum Gasteiger partial charge on any atom is -0.330 e. The maximum Gasteiger partial charge on any atom is 0.0104 e. The van der Waals surface area contributed by atoms with Gasteiger partial charge in [-0.15, -0.1) is 0 Å². The number of nitrogens with one attached hydrogen (secondary N) is 1. The Kier molecular flexibility index (Phi) is 21.6. The van der Waals surface area contributed by atoms with Crippen LogP contribution in [0.15, 0.2) is 0 Å². The third-order valence-electron chi connectivity index (χ3n) is 2.90. The molecule has 0 amide bonds. The molecule has 1 aliphatic rings. The van der Waals surface area contributed by atoms with Crippen LogP contribution in [0.2, 0.25) is 0 Å². The number of rotatable bonds is 5. The maximum absolute atomic E-state index is 5.27. The van der Waals surface area contributed by atoms with E-state index in [1.807, 2.05) is 0 Å². The molecule has 1 heterocycles. The van der Waals surface area contributed by atoms with Gasteiger partial charge in [-0.25, -0.2) is 0 Å². The number of hydrogen-bond acceptors (Lipinski definition) is 3. The monoisotopic (exact) mass is 259 g/mol. The summed E-state index contributed by atoms with van der Waals surface area (Å²) in [7, 11) is 2.15. The van der Waals surface area contributed by atoms with Crippen molar-refractivity contribution < 1.29 is 0 Å². The Balaban J connectivity index is 0. The van der Waals surface area contributed by atoms with Gasteiger partial charge in [-0.3, -0.25) is 0 Å². The van der Waals surface area contributed by atoms with Crippen molar-refractivity contribution in [1.82, 2.24) is 10.2 Å². The summed E-state index contributed by atoms with van der Waals surface area (Å²) < 4.78 is 0. The van der Waals surface area contributed by atoms with Crippen LogP contribution in [-0.2, 0) is 0 Å². The fourth-order valence-corrected chi connectivity index (χ4v) is 1.35. The van der Waals surface area contributed by atoms with Crippen LogP contribution in [0.5, 0.6) is 0 Å². The predicted octanol–water partition coefficient (Wildman–Crippen LogP) is 2.85. The fraction of sp³-hybridized carbons (Fsp3) is 1.00. The Bertz CT molecular complexity index is 117. The molecular weight excluding hydrogens is 222 g/mol. The number of unbranched alkanes of at least 4 members (excludes halogenated alkanes) is 4. The average molecular weight is 259 g/mol. The number of piperazine rings is 1. The van der Waals surface area contributed by atoms with Crippen LogP contribution in [-0.4, -0.2) is 44.7 Å². The van der Waals surface area contributed by atoms with E-state index in [9.17, 15) is 0 Å². The summed E-state index contributed by atoms with van der Waals surface area (Å²) in [6.07, 6.45) is 7.80. The zero-order valence-electron chi connectivity index (χ0n) is 13.3. The van der Waals surface area contributed by atoms with Crippen LogP contribution in [0.4, 0.5) is 0 Å². The Labute approximate surface area is 116 Å². The lowest BCUT2D eigenvalue weighted by Gasteiger charge is -2.21. The third kappa shape index (κ3) is 21.2. The second-order valence-electron chi connectivity index (χ2n) is 4.90. The van der Waals surface area contributed by atoms with Crippen LogP contribution in [0.3, 0.4) is 0 Å². The smallest absolute Gasteiger partial charge is 0.0104 e. The minimum absolute atomic E-state index is 0.861. The molecule has 1 fully saturated rings. The first kappa shape index (κ1) is 20.2. The Hall–Kier alpha value is -0.120. The molecule has 1 rings (SSSR count). The van der Waals surface area contributed by atoms with E-state index in [2.05, 4.69) is 38.0 Å². The molecule has 0 aromatic rings. The van der Waals surface area contributed by atoms with Crippen molar-refractivity contribution in [3.63, 3.8) is 0 Å². The summed E-state index contributed by atoms with van der Waals surface area (Å²) in [6, 6.07) is 0. The van der Waals surface area contributed by atoms with Crippen molar-refractivity contribution in [2.24, 2.45) is 5.73 Å². The van der Waals surface area contributed by atoms with Gasteiger partial charge in [-0.1, -0.05) is 52.9 Å². The highest BCUT2D eigenvalue weighted by molar-refractivity contribution is 4.62. The van der Waals surface area contributed by atoms with Gasteiger partial charge in [0.1, 0.15) is 0 Å². The van der Waals surface area contributed by atoms with Gasteiger partial charge in [0, 0.05) is 26.2 Å². The van der Waals surface area contributed by atoms with E-state index in [1.54, 1.807) is 0 Å². The molecule has 3 N–H and O–H groups in total. The van der Waals surface area contributed by atoms with Gasteiger partial charge in [0.2, 0.25) is 0 Å². The molecule has 0 saturated carbocycles. The first-order valence-corrected chi connectivity index (χ1v) is 7.82. The van der Waals surface area contributed by atoms with Crippen molar-refractivity contribution in [3.05, 3.63) is 0 Å². The lowest BCUT2D eigenvalue weighted by atomic mass is 10.2. The SMILES string of the molecule is CCCC.CCCCCCN.CN1CCNCC1. The van der Waals surface area contributed by atoms with Crippen LogP contribution in [0.1, 0.15) is 59.3 Å². The average Bonchev–Trinajstić information content (AvgIpc) is 2.41. The largest absolute Gasteiger partial charge is 0.330 e. The molecule has 0 aromatic heterocycles. The van der Waals surface area contributed by atoms with Crippen molar-refractivity contribution in [2.75, 3.05) is 39.8 Å². The fourth-order valence-electron chi connectivity index (χ4n) is 1.35. The molecule has 0 radical (unpaired) electrons. The quantitative estimate of drug-likeness (QED) is 0.746. The summed E-state index contributed by atoms with van der Waals surface area (Å²) >= 11 is 0. The van der Waals surface area contributed by atoms with E-state index in [1.165, 1.54) is 51.6 Å². The molecule has 1 aliphatic heterocycles. The minimum atomic E-state index is 0.861. The summed E-state index contributed by atoms with van der Waals surface area (Å²) in [6.45, 7) is 12.2. The highest BCUT2D eigenvalue weighted by Crippen LogP contribution is 1.95. The first-order valence-electron chi connectivity index (χ1n) is 7.82. The number of nitrogens with two attached hydrogens (primary N) is 1. The van der Waals surface area contributed by atoms with Crippen LogP contribution < -0.4 is 11.1 Å². The number of likely N-dealkylation sites (N-methyl/N-ethyl adjacent to an activating group) is 1. The van der Waals surface area contributed by atoms with E-state index in [-0.39, 0.29) is 0 Å². The standard InChI is InChI=1S/C6H15N.C5H12N2.C4H10/c1-2-3-4-5-6-7;1-7-4-2-6-3-5-7;1-3-4-2/h2-7H2,1H3;6H,2-5H2,1H3;3-4H2,1-2H3. The van der Waals surface area contributed by atoms with E-state index < -0.39 is 0 Å². The maximum atomic E-state index is 5.27. The molecule has 0 atom stereocenters. The summed E-state index contributed by atoms with van der Waals surface area (Å²) in [4.78, 5) is 2.33. The molecule has 0 unspecified atom stereocenters. The summed E-state index contributed by atoms with van der Waals surface area (Å²) in [5, 5.41) is 3.27.